The summed E-state index contributed by atoms with van der Waals surface area (Å²) in [5, 5.41) is 12.9. The Labute approximate surface area is 227 Å². The molecule has 0 spiro atoms. The number of anilines is 1. The standard InChI is InChI=1S/C28H35N5O6/c1-4-39-28(38)33-15-13-32(14-16-33)26(36)22-7-5-18(2)29-25(22)20-9-11-31(12-10-20)27(37)23-17-21(30-19(3)34)6-8-24(23)35/h5-8,17,20,35H,4,9-16H2,1-3H3,(H,30,34). The molecule has 0 bridgehead atoms. The van der Waals surface area contributed by atoms with E-state index in [1.165, 1.54) is 19.1 Å². The van der Waals surface area contributed by atoms with Gasteiger partial charge in [-0.15, -0.1) is 0 Å². The van der Waals surface area contributed by atoms with E-state index < -0.39 is 0 Å². The van der Waals surface area contributed by atoms with E-state index in [1.807, 2.05) is 19.1 Å². The number of carbonyl (C=O) groups is 4. The molecule has 2 saturated heterocycles. The zero-order valence-electron chi connectivity index (χ0n) is 22.6. The smallest absolute Gasteiger partial charge is 0.409 e. The summed E-state index contributed by atoms with van der Waals surface area (Å²) in [5.41, 5.74) is 2.66. The molecule has 2 aliphatic rings. The summed E-state index contributed by atoms with van der Waals surface area (Å²) in [6.07, 6.45) is 0.870. The lowest BCUT2D eigenvalue weighted by Gasteiger charge is -2.35. The molecule has 2 fully saturated rings. The fraction of sp³-hybridized carbons (Fsp3) is 0.464. The predicted molar refractivity (Wildman–Crippen MR) is 144 cm³/mol. The lowest BCUT2D eigenvalue weighted by atomic mass is 9.89. The number of benzene rings is 1. The van der Waals surface area contributed by atoms with Crippen LogP contribution in [0.1, 0.15) is 64.7 Å². The number of aromatic hydroxyl groups is 1. The minimum atomic E-state index is -0.362. The number of nitrogens with zero attached hydrogens (tertiary/aromatic N) is 4. The number of aromatic nitrogens is 1. The number of piperidine rings is 1. The summed E-state index contributed by atoms with van der Waals surface area (Å²) in [5.74, 6) is -0.845. The number of ether oxygens (including phenoxy) is 1. The van der Waals surface area contributed by atoms with Crippen LogP contribution in [0.2, 0.25) is 0 Å². The van der Waals surface area contributed by atoms with Gasteiger partial charge in [0, 0.05) is 63.5 Å². The van der Waals surface area contributed by atoms with Gasteiger partial charge in [-0.2, -0.15) is 0 Å². The first kappa shape index (κ1) is 27.9. The van der Waals surface area contributed by atoms with Crippen molar-refractivity contribution in [3.8, 4) is 5.75 Å². The van der Waals surface area contributed by atoms with Gasteiger partial charge in [-0.1, -0.05) is 0 Å². The molecule has 0 atom stereocenters. The third-order valence-corrected chi connectivity index (χ3v) is 7.10. The van der Waals surface area contributed by atoms with Crippen molar-refractivity contribution in [3.63, 3.8) is 0 Å². The van der Waals surface area contributed by atoms with Crippen LogP contribution in [0.15, 0.2) is 30.3 Å². The molecule has 4 rings (SSSR count). The van der Waals surface area contributed by atoms with E-state index in [2.05, 4.69) is 5.32 Å². The number of piperazine rings is 1. The molecule has 208 valence electrons. The summed E-state index contributed by atoms with van der Waals surface area (Å²) in [7, 11) is 0. The molecule has 3 heterocycles. The van der Waals surface area contributed by atoms with Crippen LogP contribution < -0.4 is 5.32 Å². The molecule has 2 aromatic rings. The normalized spacial score (nSPS) is 16.1. The van der Waals surface area contributed by atoms with E-state index in [0.717, 1.165) is 11.4 Å². The third-order valence-electron chi connectivity index (χ3n) is 7.10. The molecule has 1 aromatic carbocycles. The lowest BCUT2D eigenvalue weighted by Crippen LogP contribution is -2.51. The molecule has 2 N–H and O–H groups in total. The maximum atomic E-state index is 13.5. The second-order valence-corrected chi connectivity index (χ2v) is 9.84. The molecule has 11 nitrogen and oxygen atoms in total. The van der Waals surface area contributed by atoms with Crippen LogP contribution in [0.5, 0.6) is 5.75 Å². The van der Waals surface area contributed by atoms with Gasteiger partial charge in [-0.25, -0.2) is 4.79 Å². The van der Waals surface area contributed by atoms with Crippen LogP contribution in [0, 0.1) is 6.92 Å². The van der Waals surface area contributed by atoms with Gasteiger partial charge >= 0.3 is 6.09 Å². The maximum absolute atomic E-state index is 13.5. The Morgan fingerprint density at radius 3 is 2.18 bits per heavy atom. The van der Waals surface area contributed by atoms with Crippen LogP contribution in [-0.4, -0.2) is 94.5 Å². The number of amides is 4. The Kier molecular flexibility index (Phi) is 8.68. The van der Waals surface area contributed by atoms with Gasteiger partial charge in [0.2, 0.25) is 5.91 Å². The highest BCUT2D eigenvalue weighted by molar-refractivity contribution is 5.99. The molecule has 0 unspecified atom stereocenters. The number of phenolic OH excluding ortho intramolecular Hbond substituents is 1. The summed E-state index contributed by atoms with van der Waals surface area (Å²) >= 11 is 0. The van der Waals surface area contributed by atoms with Crippen LogP contribution in [0.3, 0.4) is 0 Å². The number of rotatable bonds is 5. The Balaban J connectivity index is 1.43. The molecule has 39 heavy (non-hydrogen) atoms. The van der Waals surface area contributed by atoms with E-state index in [0.29, 0.717) is 70.0 Å². The van der Waals surface area contributed by atoms with Gasteiger partial charge in [-0.3, -0.25) is 19.4 Å². The van der Waals surface area contributed by atoms with Crippen LogP contribution in [0.25, 0.3) is 0 Å². The first-order valence-electron chi connectivity index (χ1n) is 13.3. The number of nitrogens with one attached hydrogen (secondary N) is 1. The van der Waals surface area contributed by atoms with E-state index in [1.54, 1.807) is 27.7 Å². The summed E-state index contributed by atoms with van der Waals surface area (Å²) in [6, 6.07) is 8.06. The average Bonchev–Trinajstić information content (AvgIpc) is 2.93. The Morgan fingerprint density at radius 1 is 0.923 bits per heavy atom. The van der Waals surface area contributed by atoms with Crippen molar-refractivity contribution >= 4 is 29.5 Å². The van der Waals surface area contributed by atoms with Gasteiger partial charge in [-0.05, 0) is 57.0 Å². The second-order valence-electron chi connectivity index (χ2n) is 9.84. The van der Waals surface area contributed by atoms with E-state index in [4.69, 9.17) is 9.72 Å². The van der Waals surface area contributed by atoms with Gasteiger partial charge in [0.1, 0.15) is 5.75 Å². The fourth-order valence-corrected chi connectivity index (χ4v) is 5.06. The maximum Gasteiger partial charge on any atom is 0.409 e. The zero-order valence-corrected chi connectivity index (χ0v) is 22.6. The lowest BCUT2D eigenvalue weighted by molar-refractivity contribution is -0.114. The fourth-order valence-electron chi connectivity index (χ4n) is 5.06. The molecule has 0 radical (unpaired) electrons. The SMILES string of the molecule is CCOC(=O)N1CCN(C(=O)c2ccc(C)nc2C2CCN(C(=O)c3cc(NC(C)=O)ccc3O)CC2)CC1. The topological polar surface area (TPSA) is 132 Å². The van der Waals surface area contributed by atoms with Crippen molar-refractivity contribution in [2.45, 2.75) is 39.5 Å². The third kappa shape index (κ3) is 6.47. The Hall–Kier alpha value is -4.15. The number of carbonyl (C=O) groups excluding carboxylic acids is 4. The summed E-state index contributed by atoms with van der Waals surface area (Å²) in [6.45, 7) is 7.87. The van der Waals surface area contributed by atoms with Crippen molar-refractivity contribution < 1.29 is 29.0 Å². The molecular weight excluding hydrogens is 502 g/mol. The number of phenols is 1. The molecule has 0 aliphatic carbocycles. The molecule has 4 amide bonds. The van der Waals surface area contributed by atoms with E-state index in [9.17, 15) is 24.3 Å². The van der Waals surface area contributed by atoms with Gasteiger partial charge < -0.3 is 29.9 Å². The molecule has 1 aromatic heterocycles. The quantitative estimate of drug-likeness (QED) is 0.561. The highest BCUT2D eigenvalue weighted by atomic mass is 16.6. The highest BCUT2D eigenvalue weighted by Gasteiger charge is 2.32. The van der Waals surface area contributed by atoms with Crippen LogP contribution in [0.4, 0.5) is 10.5 Å². The number of hydrogen-bond donors (Lipinski definition) is 2. The average molecular weight is 538 g/mol. The molecule has 11 heteroatoms. The van der Waals surface area contributed by atoms with Crippen molar-refractivity contribution in [3.05, 3.63) is 52.8 Å². The monoisotopic (exact) mass is 537 g/mol. The Bertz CT molecular complexity index is 1250. The molecule has 0 saturated carbocycles. The van der Waals surface area contributed by atoms with Gasteiger partial charge in [0.25, 0.3) is 11.8 Å². The minimum absolute atomic E-state index is 0.00645. The summed E-state index contributed by atoms with van der Waals surface area (Å²) in [4.78, 5) is 59.9. The largest absolute Gasteiger partial charge is 0.507 e. The summed E-state index contributed by atoms with van der Waals surface area (Å²) < 4.78 is 5.07. The number of hydrogen-bond acceptors (Lipinski definition) is 7. The highest BCUT2D eigenvalue weighted by Crippen LogP contribution is 2.32. The van der Waals surface area contributed by atoms with Gasteiger partial charge in [0.15, 0.2) is 0 Å². The van der Waals surface area contributed by atoms with E-state index in [-0.39, 0.29) is 41.0 Å². The zero-order chi connectivity index (χ0) is 28.1. The number of likely N-dealkylation sites (tertiary alicyclic amines) is 1. The van der Waals surface area contributed by atoms with Crippen molar-refractivity contribution in [1.82, 2.24) is 19.7 Å². The first-order valence-corrected chi connectivity index (χ1v) is 13.3. The first-order chi connectivity index (χ1) is 18.7. The molecule has 2 aliphatic heterocycles. The van der Waals surface area contributed by atoms with Crippen molar-refractivity contribution in [1.29, 1.82) is 0 Å². The number of aryl methyl sites for hydroxylation is 1. The van der Waals surface area contributed by atoms with E-state index >= 15 is 0 Å². The predicted octanol–water partition coefficient (Wildman–Crippen LogP) is 2.99. The van der Waals surface area contributed by atoms with Crippen LogP contribution in [-0.2, 0) is 9.53 Å². The molecular formula is C28H35N5O6. The second kappa shape index (κ2) is 12.1. The minimum Gasteiger partial charge on any atom is -0.507 e. The Morgan fingerprint density at radius 2 is 1.54 bits per heavy atom. The van der Waals surface area contributed by atoms with Crippen molar-refractivity contribution in [2.75, 3.05) is 51.2 Å². The number of pyridine rings is 1. The van der Waals surface area contributed by atoms with Crippen LogP contribution >= 0.6 is 0 Å². The van der Waals surface area contributed by atoms with Gasteiger partial charge in [0.05, 0.1) is 23.4 Å². The van der Waals surface area contributed by atoms with Crippen molar-refractivity contribution in [2.24, 2.45) is 0 Å².